The molecule has 0 saturated carbocycles. The molecule has 1 N–H and O–H groups in total. The number of carbonyl (C=O) groups is 1. The van der Waals surface area contributed by atoms with E-state index in [1.165, 1.54) is 0 Å². The summed E-state index contributed by atoms with van der Waals surface area (Å²) in [6.07, 6.45) is 3.85. The first kappa shape index (κ1) is 18.6. The Hall–Kier alpha value is -3.80. The van der Waals surface area contributed by atoms with Gasteiger partial charge >= 0.3 is 0 Å². The first-order valence-electron chi connectivity index (χ1n) is 9.42. The highest BCUT2D eigenvalue weighted by atomic mass is 16.5. The van der Waals surface area contributed by atoms with Crippen molar-refractivity contribution in [3.05, 3.63) is 90.4 Å². The number of carbonyl (C=O) groups excluding carboxylic acids is 1. The number of aromatic nitrogens is 2. The molecule has 0 bridgehead atoms. The zero-order valence-electron chi connectivity index (χ0n) is 16.0. The van der Waals surface area contributed by atoms with Gasteiger partial charge in [0.1, 0.15) is 23.8 Å². The van der Waals surface area contributed by atoms with Gasteiger partial charge in [-0.2, -0.15) is 0 Å². The maximum absolute atomic E-state index is 12.9. The lowest BCUT2D eigenvalue weighted by atomic mass is 10.1. The maximum Gasteiger partial charge on any atom is 0.259 e. The Morgan fingerprint density at radius 3 is 2.55 bits per heavy atom. The van der Waals surface area contributed by atoms with Gasteiger partial charge in [0.05, 0.1) is 23.6 Å². The van der Waals surface area contributed by atoms with Gasteiger partial charge in [-0.3, -0.25) is 4.79 Å². The lowest BCUT2D eigenvalue weighted by Gasteiger charge is -2.13. The number of fused-ring (bicyclic) bond motifs is 1. The van der Waals surface area contributed by atoms with E-state index < -0.39 is 0 Å². The number of ether oxygens (including phenoxy) is 2. The third-order valence-corrected chi connectivity index (χ3v) is 4.36. The topological polar surface area (TPSA) is 64.9 Å². The van der Waals surface area contributed by atoms with Gasteiger partial charge in [0, 0.05) is 12.4 Å². The zero-order chi connectivity index (χ0) is 20.1. The summed E-state index contributed by atoms with van der Waals surface area (Å²) in [5.41, 5.74) is 2.70. The van der Waals surface area contributed by atoms with Gasteiger partial charge in [0.2, 0.25) is 0 Å². The molecule has 6 nitrogen and oxygen atoms in total. The van der Waals surface area contributed by atoms with Crippen molar-refractivity contribution >= 4 is 17.2 Å². The Morgan fingerprint density at radius 1 is 0.966 bits per heavy atom. The number of hydrogen-bond acceptors (Lipinski definition) is 4. The highest BCUT2D eigenvalue weighted by Crippen LogP contribution is 2.26. The first-order valence-corrected chi connectivity index (χ1v) is 9.42. The summed E-state index contributed by atoms with van der Waals surface area (Å²) in [6, 6.07) is 20.3. The molecule has 0 fully saturated rings. The molecule has 2 aromatic heterocycles. The van der Waals surface area contributed by atoms with E-state index in [0.717, 1.165) is 11.3 Å². The van der Waals surface area contributed by atoms with Crippen molar-refractivity contribution in [3.8, 4) is 11.5 Å². The van der Waals surface area contributed by atoms with Crippen molar-refractivity contribution < 1.29 is 14.3 Å². The van der Waals surface area contributed by atoms with Crippen molar-refractivity contribution in [3.63, 3.8) is 0 Å². The van der Waals surface area contributed by atoms with Gasteiger partial charge < -0.3 is 19.2 Å². The molecule has 146 valence electrons. The number of nitrogens with zero attached hydrogens (tertiary/aromatic N) is 2. The van der Waals surface area contributed by atoms with Crippen LogP contribution < -0.4 is 14.8 Å². The maximum atomic E-state index is 12.9. The third kappa shape index (κ3) is 4.21. The van der Waals surface area contributed by atoms with Crippen LogP contribution in [-0.4, -0.2) is 21.9 Å². The summed E-state index contributed by atoms with van der Waals surface area (Å²) >= 11 is 0. The number of para-hydroxylation sites is 3. The second-order valence-corrected chi connectivity index (χ2v) is 6.37. The minimum absolute atomic E-state index is 0.261. The monoisotopic (exact) mass is 387 g/mol. The molecule has 4 rings (SSSR count). The van der Waals surface area contributed by atoms with Gasteiger partial charge in [0.15, 0.2) is 0 Å². The zero-order valence-corrected chi connectivity index (χ0v) is 16.0. The van der Waals surface area contributed by atoms with Gasteiger partial charge in [-0.05, 0) is 43.3 Å². The van der Waals surface area contributed by atoms with Crippen molar-refractivity contribution in [1.82, 2.24) is 9.38 Å². The van der Waals surface area contributed by atoms with Crippen LogP contribution in [0.1, 0.15) is 23.0 Å². The van der Waals surface area contributed by atoms with Crippen LogP contribution in [0.3, 0.4) is 0 Å². The Labute approximate surface area is 168 Å². The van der Waals surface area contributed by atoms with Crippen molar-refractivity contribution in [2.75, 3.05) is 11.9 Å². The van der Waals surface area contributed by atoms with E-state index in [4.69, 9.17) is 9.47 Å². The summed E-state index contributed by atoms with van der Waals surface area (Å²) in [7, 11) is 0. The number of nitrogens with one attached hydrogen (secondary N) is 1. The van der Waals surface area contributed by atoms with Gasteiger partial charge in [-0.1, -0.05) is 30.3 Å². The van der Waals surface area contributed by atoms with E-state index in [9.17, 15) is 4.79 Å². The third-order valence-electron chi connectivity index (χ3n) is 4.36. The second-order valence-electron chi connectivity index (χ2n) is 6.37. The smallest absolute Gasteiger partial charge is 0.259 e. The van der Waals surface area contributed by atoms with Crippen LogP contribution >= 0.6 is 0 Å². The Morgan fingerprint density at radius 2 is 1.72 bits per heavy atom. The summed E-state index contributed by atoms with van der Waals surface area (Å²) in [6.45, 7) is 2.69. The molecule has 0 unspecified atom stereocenters. The molecule has 0 spiro atoms. The molecule has 6 heteroatoms. The predicted molar refractivity (Wildman–Crippen MR) is 112 cm³/mol. The molecule has 1 amide bonds. The molecular formula is C23H21N3O3. The summed E-state index contributed by atoms with van der Waals surface area (Å²) in [5.74, 6) is 0.866. The molecule has 0 saturated heterocycles. The van der Waals surface area contributed by atoms with Gasteiger partial charge in [-0.25, -0.2) is 4.98 Å². The quantitative estimate of drug-likeness (QED) is 0.505. The van der Waals surface area contributed by atoms with Crippen LogP contribution in [0.2, 0.25) is 0 Å². The molecule has 2 heterocycles. The Balaban J connectivity index is 1.51. The normalized spacial score (nSPS) is 10.7. The Bertz CT molecular complexity index is 1100. The van der Waals surface area contributed by atoms with Crippen molar-refractivity contribution in [1.29, 1.82) is 0 Å². The highest BCUT2D eigenvalue weighted by Gasteiger charge is 2.15. The molecular weight excluding hydrogens is 366 g/mol. The SMILES string of the molecule is CCOc1ccccc1NC(=O)c1ccccc1OCc1cn2ccccc2n1. The number of pyridine rings is 1. The fraction of sp³-hybridized carbons (Fsp3) is 0.130. The second kappa shape index (κ2) is 8.48. The molecule has 0 aliphatic heterocycles. The number of anilines is 1. The van der Waals surface area contributed by atoms with Crippen LogP contribution in [0.5, 0.6) is 11.5 Å². The molecule has 0 radical (unpaired) electrons. The lowest BCUT2D eigenvalue weighted by Crippen LogP contribution is -2.14. The standard InChI is InChI=1S/C23H21N3O3/c1-2-28-21-12-6-4-10-19(21)25-23(27)18-9-3-5-11-20(18)29-16-17-15-26-14-8-7-13-22(26)24-17/h3-15H,2,16H2,1H3,(H,25,27). The van der Waals surface area contributed by atoms with Crippen LogP contribution in [0, 0.1) is 0 Å². The summed E-state index contributed by atoms with van der Waals surface area (Å²) in [4.78, 5) is 17.4. The molecule has 4 aromatic rings. The predicted octanol–water partition coefficient (Wildman–Crippen LogP) is 4.56. The van der Waals surface area contributed by atoms with Gasteiger partial charge in [0.25, 0.3) is 5.91 Å². The minimum Gasteiger partial charge on any atom is -0.492 e. The number of hydrogen-bond donors (Lipinski definition) is 1. The number of amides is 1. The summed E-state index contributed by atoms with van der Waals surface area (Å²) in [5, 5.41) is 2.91. The first-order chi connectivity index (χ1) is 14.2. The van der Waals surface area contributed by atoms with Gasteiger partial charge in [-0.15, -0.1) is 0 Å². The van der Waals surface area contributed by atoms with E-state index in [1.54, 1.807) is 18.2 Å². The number of benzene rings is 2. The van der Waals surface area contributed by atoms with Crippen LogP contribution in [0.4, 0.5) is 5.69 Å². The average molecular weight is 387 g/mol. The fourth-order valence-electron chi connectivity index (χ4n) is 3.03. The highest BCUT2D eigenvalue weighted by molar-refractivity contribution is 6.06. The Kier molecular flexibility index (Phi) is 5.42. The minimum atomic E-state index is -0.261. The lowest BCUT2D eigenvalue weighted by molar-refractivity contribution is 0.102. The fourth-order valence-corrected chi connectivity index (χ4v) is 3.03. The molecule has 0 aliphatic carbocycles. The van der Waals surface area contributed by atoms with E-state index >= 15 is 0 Å². The molecule has 29 heavy (non-hydrogen) atoms. The van der Waals surface area contributed by atoms with Crippen LogP contribution in [0.15, 0.2) is 79.1 Å². The molecule has 0 aliphatic rings. The van der Waals surface area contributed by atoms with E-state index in [0.29, 0.717) is 29.4 Å². The van der Waals surface area contributed by atoms with Crippen molar-refractivity contribution in [2.24, 2.45) is 0 Å². The van der Waals surface area contributed by atoms with E-state index in [-0.39, 0.29) is 12.5 Å². The number of rotatable bonds is 7. The summed E-state index contributed by atoms with van der Waals surface area (Å²) < 4.78 is 13.4. The van der Waals surface area contributed by atoms with E-state index in [2.05, 4.69) is 10.3 Å². The van der Waals surface area contributed by atoms with Crippen LogP contribution in [0.25, 0.3) is 5.65 Å². The van der Waals surface area contributed by atoms with Crippen molar-refractivity contribution in [2.45, 2.75) is 13.5 Å². The van der Waals surface area contributed by atoms with E-state index in [1.807, 2.05) is 72.2 Å². The van der Waals surface area contributed by atoms with Crippen LogP contribution in [-0.2, 0) is 6.61 Å². The molecule has 2 aromatic carbocycles. The largest absolute Gasteiger partial charge is 0.492 e. The average Bonchev–Trinajstić information content (AvgIpc) is 3.17. The molecule has 0 atom stereocenters. The number of imidazole rings is 1.